The van der Waals surface area contributed by atoms with Crippen molar-refractivity contribution in [3.63, 3.8) is 0 Å². The van der Waals surface area contributed by atoms with Crippen LogP contribution in [0.25, 0.3) is 5.57 Å². The number of carbonyl (C=O) groups is 1. The highest BCUT2D eigenvalue weighted by Gasteiger charge is 2.41. The fourth-order valence-electron chi connectivity index (χ4n) is 5.09. The first-order valence-corrected chi connectivity index (χ1v) is 12.2. The number of hydrogen-bond donors (Lipinski definition) is 2. The number of ether oxygens (including phenoxy) is 1. The average Bonchev–Trinajstić information content (AvgIpc) is 2.75. The summed E-state index contributed by atoms with van der Waals surface area (Å²) in [6.45, 7) is 8.87. The molecule has 1 saturated carbocycles. The van der Waals surface area contributed by atoms with Gasteiger partial charge in [0.2, 0.25) is 6.41 Å². The molecule has 4 rings (SSSR count). The number of amides is 1. The maximum Gasteiger partial charge on any atom is 0.204 e. The highest BCUT2D eigenvalue weighted by molar-refractivity contribution is 5.74. The van der Waals surface area contributed by atoms with E-state index in [1.807, 2.05) is 6.08 Å². The number of piperidine rings is 1. The van der Waals surface area contributed by atoms with Gasteiger partial charge < -0.3 is 20.5 Å². The van der Waals surface area contributed by atoms with E-state index in [2.05, 4.69) is 48.4 Å². The molecule has 5 nitrogen and oxygen atoms in total. The van der Waals surface area contributed by atoms with Crippen molar-refractivity contribution < 1.29 is 14.6 Å². The first kappa shape index (κ1) is 24.5. The van der Waals surface area contributed by atoms with Crippen LogP contribution in [0.15, 0.2) is 36.9 Å². The number of aliphatic hydroxyl groups excluding tert-OH is 1. The van der Waals surface area contributed by atoms with E-state index in [4.69, 9.17) is 14.6 Å². The molecule has 0 radical (unpaired) electrons. The highest BCUT2D eigenvalue weighted by Crippen LogP contribution is 2.41. The van der Waals surface area contributed by atoms with Gasteiger partial charge in [0.15, 0.2) is 0 Å². The standard InChI is InChI=1S/C26H37NO2.CH3NO/c1-3-21(8-7-20(2)12-18-28)22-9-10-25-23(19-22)11-13-26(29-25)14-16-27(17-15-26)24-5-4-6-24;2-1-3/h3,8-10,19-20,24,28H,1,4-7,11-18H2,2H3;1H,(H2,2,3)/b21-8+;. The van der Waals surface area contributed by atoms with Crippen LogP contribution in [0.3, 0.4) is 0 Å². The van der Waals surface area contributed by atoms with Gasteiger partial charge in [0, 0.05) is 25.7 Å². The molecule has 1 aliphatic carbocycles. The molecule has 2 heterocycles. The predicted molar refractivity (Wildman–Crippen MR) is 130 cm³/mol. The molecule has 1 amide bonds. The molecule has 0 aromatic heterocycles. The summed E-state index contributed by atoms with van der Waals surface area (Å²) in [7, 11) is 0. The van der Waals surface area contributed by atoms with E-state index >= 15 is 0 Å². The van der Waals surface area contributed by atoms with Gasteiger partial charge in [0.05, 0.1) is 0 Å². The summed E-state index contributed by atoms with van der Waals surface area (Å²) in [5.74, 6) is 1.58. The van der Waals surface area contributed by atoms with Gasteiger partial charge in [-0.25, -0.2) is 0 Å². The molecule has 3 aliphatic rings. The minimum atomic E-state index is 0.0611. The van der Waals surface area contributed by atoms with Crippen LogP contribution >= 0.6 is 0 Å². The molecule has 32 heavy (non-hydrogen) atoms. The smallest absolute Gasteiger partial charge is 0.204 e. The third-order valence-electron chi connectivity index (χ3n) is 7.45. The molecular formula is C27H40N2O3. The van der Waals surface area contributed by atoms with E-state index in [1.54, 1.807) is 0 Å². The zero-order valence-electron chi connectivity index (χ0n) is 19.6. The summed E-state index contributed by atoms with van der Waals surface area (Å²) in [4.78, 5) is 11.3. The average molecular weight is 441 g/mol. The van der Waals surface area contributed by atoms with Gasteiger partial charge in [0.25, 0.3) is 0 Å². The quantitative estimate of drug-likeness (QED) is 0.484. The number of allylic oxidation sites excluding steroid dienone is 3. The minimum Gasteiger partial charge on any atom is -0.487 e. The van der Waals surface area contributed by atoms with Gasteiger partial charge in [-0.15, -0.1) is 0 Å². The first-order valence-electron chi connectivity index (χ1n) is 12.2. The number of aliphatic hydroxyl groups is 1. The van der Waals surface area contributed by atoms with Crippen molar-refractivity contribution in [2.24, 2.45) is 11.7 Å². The van der Waals surface area contributed by atoms with Crippen LogP contribution in [0, 0.1) is 5.92 Å². The number of benzene rings is 1. The maximum atomic E-state index is 9.11. The molecule has 1 saturated heterocycles. The molecule has 2 fully saturated rings. The Morgan fingerprint density at radius 2 is 2.06 bits per heavy atom. The summed E-state index contributed by atoms with van der Waals surface area (Å²) in [6, 6.07) is 7.52. The van der Waals surface area contributed by atoms with Crippen molar-refractivity contribution in [2.75, 3.05) is 19.7 Å². The Bertz CT molecular complexity index is 792. The fraction of sp³-hybridized carbons (Fsp3) is 0.593. The number of fused-ring (bicyclic) bond motifs is 1. The first-order chi connectivity index (χ1) is 15.5. The van der Waals surface area contributed by atoms with Gasteiger partial charge in [-0.3, -0.25) is 4.79 Å². The van der Waals surface area contributed by atoms with Crippen molar-refractivity contribution in [1.82, 2.24) is 4.90 Å². The second-order valence-corrected chi connectivity index (χ2v) is 9.58. The van der Waals surface area contributed by atoms with E-state index in [9.17, 15) is 0 Å². The fourth-order valence-corrected chi connectivity index (χ4v) is 5.09. The monoisotopic (exact) mass is 440 g/mol. The van der Waals surface area contributed by atoms with E-state index < -0.39 is 0 Å². The number of carbonyl (C=O) groups excluding carboxylic acids is 1. The predicted octanol–water partition coefficient (Wildman–Crippen LogP) is 4.48. The molecule has 2 aliphatic heterocycles. The molecular weight excluding hydrogens is 400 g/mol. The van der Waals surface area contributed by atoms with E-state index in [0.717, 1.165) is 37.5 Å². The van der Waals surface area contributed by atoms with E-state index in [-0.39, 0.29) is 18.6 Å². The summed E-state index contributed by atoms with van der Waals surface area (Å²) >= 11 is 0. The topological polar surface area (TPSA) is 75.8 Å². The van der Waals surface area contributed by atoms with Crippen LogP contribution in [0.4, 0.5) is 0 Å². The Balaban J connectivity index is 0.000000913. The van der Waals surface area contributed by atoms with Crippen LogP contribution in [0.2, 0.25) is 0 Å². The summed E-state index contributed by atoms with van der Waals surface area (Å²) in [6.07, 6.45) is 15.1. The Kier molecular flexibility index (Phi) is 8.94. The third kappa shape index (κ3) is 6.02. The van der Waals surface area contributed by atoms with Gasteiger partial charge in [-0.1, -0.05) is 38.1 Å². The maximum absolute atomic E-state index is 9.11. The van der Waals surface area contributed by atoms with Crippen molar-refractivity contribution in [1.29, 1.82) is 0 Å². The number of nitrogens with zero attached hydrogens (tertiary/aromatic N) is 1. The molecule has 3 N–H and O–H groups in total. The lowest BCUT2D eigenvalue weighted by molar-refractivity contribution is -0.106. The van der Waals surface area contributed by atoms with Crippen molar-refractivity contribution in [2.45, 2.75) is 76.4 Å². The number of primary amides is 1. The highest BCUT2D eigenvalue weighted by atomic mass is 16.5. The van der Waals surface area contributed by atoms with Crippen LogP contribution in [-0.2, 0) is 11.2 Å². The number of hydrogen-bond acceptors (Lipinski definition) is 4. The Morgan fingerprint density at radius 3 is 2.66 bits per heavy atom. The minimum absolute atomic E-state index is 0.0611. The van der Waals surface area contributed by atoms with Gasteiger partial charge in [-0.05, 0) is 86.1 Å². The zero-order chi connectivity index (χ0) is 23.0. The summed E-state index contributed by atoms with van der Waals surface area (Å²) < 4.78 is 6.64. The van der Waals surface area contributed by atoms with E-state index in [1.165, 1.54) is 61.9 Å². The van der Waals surface area contributed by atoms with Crippen LogP contribution in [0.5, 0.6) is 5.75 Å². The van der Waals surface area contributed by atoms with Gasteiger partial charge in [0.1, 0.15) is 11.4 Å². The van der Waals surface area contributed by atoms with Crippen molar-refractivity contribution in [3.05, 3.63) is 48.1 Å². The SMILES string of the molecule is C=C/C(=C\CC(C)CCO)c1ccc2c(c1)CCC1(CCN(C3CCC3)CC1)O2.NC=O. The molecule has 1 atom stereocenters. The van der Waals surface area contributed by atoms with Crippen LogP contribution < -0.4 is 10.5 Å². The summed E-state index contributed by atoms with van der Waals surface area (Å²) in [5, 5.41) is 9.11. The molecule has 5 heteroatoms. The normalized spacial score (nSPS) is 21.4. The number of likely N-dealkylation sites (tertiary alicyclic amines) is 1. The molecule has 1 spiro atoms. The molecule has 1 unspecified atom stereocenters. The van der Waals surface area contributed by atoms with Gasteiger partial charge >= 0.3 is 0 Å². The molecule has 1 aromatic rings. The molecule has 1 aromatic carbocycles. The lowest BCUT2D eigenvalue weighted by atomic mass is 9.81. The Labute approximate surface area is 193 Å². The lowest BCUT2D eigenvalue weighted by Crippen LogP contribution is -2.53. The lowest BCUT2D eigenvalue weighted by Gasteiger charge is -2.48. The molecule has 176 valence electrons. The second kappa shape index (κ2) is 11.7. The van der Waals surface area contributed by atoms with E-state index in [0.29, 0.717) is 5.92 Å². The summed E-state index contributed by atoms with van der Waals surface area (Å²) in [5.41, 5.74) is 7.98. The molecule has 0 bridgehead atoms. The number of nitrogens with two attached hydrogens (primary N) is 1. The van der Waals surface area contributed by atoms with Crippen molar-refractivity contribution >= 4 is 12.0 Å². The zero-order valence-corrected chi connectivity index (χ0v) is 19.6. The number of rotatable bonds is 7. The largest absolute Gasteiger partial charge is 0.487 e. The third-order valence-corrected chi connectivity index (χ3v) is 7.45. The van der Waals surface area contributed by atoms with Crippen LogP contribution in [0.1, 0.15) is 69.4 Å². The van der Waals surface area contributed by atoms with Crippen LogP contribution in [-0.4, -0.2) is 47.8 Å². The Morgan fingerprint density at radius 1 is 1.34 bits per heavy atom. The number of aryl methyl sites for hydroxylation is 1. The second-order valence-electron chi connectivity index (χ2n) is 9.58. The van der Waals surface area contributed by atoms with Crippen molar-refractivity contribution in [3.8, 4) is 5.75 Å². The Hall–Kier alpha value is -2.11. The van der Waals surface area contributed by atoms with Gasteiger partial charge in [-0.2, -0.15) is 0 Å².